The van der Waals surface area contributed by atoms with Gasteiger partial charge in [-0.25, -0.2) is 4.98 Å². The first kappa shape index (κ1) is 103. The van der Waals surface area contributed by atoms with Gasteiger partial charge in [-0.2, -0.15) is 0 Å². The second kappa shape index (κ2) is 54.1. The number of amides is 20. The fraction of sp³-hybridized carbons (Fsp3) is 0.671. The average molecular weight is 1740 g/mol. The van der Waals surface area contributed by atoms with Crippen molar-refractivity contribution in [3.63, 3.8) is 0 Å². The van der Waals surface area contributed by atoms with Gasteiger partial charge < -0.3 is 121 Å². The zero-order valence-electron chi connectivity index (χ0n) is 70.0. The number of aromatic nitrogens is 2. The number of H-pyrrole nitrogens is 1. The van der Waals surface area contributed by atoms with Gasteiger partial charge in [0.05, 0.1) is 38.5 Å². The lowest BCUT2D eigenvalue weighted by molar-refractivity contribution is -0.142. The molecule has 123 heavy (non-hydrogen) atoms. The number of aliphatic hydroxyl groups is 1. The minimum absolute atomic E-state index is 0.00727. The highest BCUT2D eigenvalue weighted by Gasteiger charge is 2.42. The van der Waals surface area contributed by atoms with Crippen molar-refractivity contribution >= 4 is 130 Å². The highest BCUT2D eigenvalue weighted by atomic mass is 16.4. The number of carbonyl (C=O) groups is 22. The number of aliphatic hydroxyl groups excluding tert-OH is 1. The number of carbonyl (C=O) groups excluding carboxylic acids is 20. The third-order valence-electron chi connectivity index (χ3n) is 19.9. The lowest BCUT2D eigenvalue weighted by atomic mass is 10.0. The van der Waals surface area contributed by atoms with E-state index in [9.17, 15) is 111 Å². The SMILES string of the molecule is CC(=O)N[C@@H](CO)C(=O)NCCCC[C@@H]1NC(=O)[C@H](C)NC(=O)[C@H](CCCCNC(=O)[C@H](CC(=O)O)NC(C)=O)NC(=O)CNC(=O)[C@@H]2CCCN2C(=O)[C@H](CCCCCNC(=O)[C@H](CCC(=O)O)NC(C)=O)NC(=O)[C@H](CCC(=O)NC(=O)[C@@H](C)N)NC(=O)[C@H](CCCCNC(=O)[C@H](Cc2cnc[nH]2)NC(C)=O)NC(=O)CNC(=O)[C@@H]2CCCN2C1=O. The summed E-state index contributed by atoms with van der Waals surface area (Å²) in [6.45, 7) is 4.10. The number of rotatable bonds is 41. The van der Waals surface area contributed by atoms with Gasteiger partial charge >= 0.3 is 11.9 Å². The van der Waals surface area contributed by atoms with Crippen molar-refractivity contribution < 1.29 is 121 Å². The van der Waals surface area contributed by atoms with E-state index in [0.717, 1.165) is 30.6 Å². The van der Waals surface area contributed by atoms with Crippen molar-refractivity contribution in [2.45, 2.75) is 268 Å². The number of nitrogens with zero attached hydrogens (tertiary/aromatic N) is 3. The molecule has 3 aliphatic heterocycles. The van der Waals surface area contributed by atoms with Crippen LogP contribution in [0.25, 0.3) is 0 Å². The molecule has 3 saturated heterocycles. The number of fused-ring (bicyclic) bond motifs is 2. The predicted molar refractivity (Wildman–Crippen MR) is 430 cm³/mol. The van der Waals surface area contributed by atoms with Crippen LogP contribution in [0.2, 0.25) is 0 Å². The Labute approximate surface area is 709 Å². The van der Waals surface area contributed by atoms with E-state index in [1.807, 2.05) is 0 Å². The normalized spacial score (nSPS) is 21.0. The lowest BCUT2D eigenvalue weighted by Crippen LogP contribution is -2.59. The molecule has 4 heterocycles. The van der Waals surface area contributed by atoms with E-state index in [1.165, 1.54) is 33.3 Å². The van der Waals surface area contributed by atoms with Crippen LogP contribution in [-0.2, 0) is 112 Å². The van der Waals surface area contributed by atoms with E-state index < -0.39 is 254 Å². The molecule has 1 aromatic heterocycles. The fourth-order valence-electron chi connectivity index (χ4n) is 13.5. The summed E-state index contributed by atoms with van der Waals surface area (Å²) in [7, 11) is 0. The molecular formula is C76H120N22O25. The van der Waals surface area contributed by atoms with Crippen LogP contribution in [0.3, 0.4) is 0 Å². The molecule has 47 heteroatoms. The molecule has 13 atom stereocenters. The fourth-order valence-corrected chi connectivity index (χ4v) is 13.5. The summed E-state index contributed by atoms with van der Waals surface area (Å²) in [4.78, 5) is 304. The number of hydrogen-bond donors (Lipinski definition) is 22. The largest absolute Gasteiger partial charge is 0.481 e. The van der Waals surface area contributed by atoms with E-state index in [2.05, 4.69) is 100 Å². The minimum Gasteiger partial charge on any atom is -0.481 e. The van der Waals surface area contributed by atoms with E-state index in [0.29, 0.717) is 5.69 Å². The van der Waals surface area contributed by atoms with Crippen molar-refractivity contribution in [1.82, 2.24) is 110 Å². The molecule has 47 nitrogen and oxygen atoms in total. The summed E-state index contributed by atoms with van der Waals surface area (Å²) in [6.07, 6.45) is 0.386. The first-order chi connectivity index (χ1) is 58.3. The average Bonchev–Trinajstić information content (AvgIpc) is 1.71. The van der Waals surface area contributed by atoms with Gasteiger partial charge in [0.15, 0.2) is 0 Å². The van der Waals surface area contributed by atoms with E-state index in [1.54, 1.807) is 0 Å². The number of imidazole rings is 1. The number of imide groups is 1. The van der Waals surface area contributed by atoms with Crippen LogP contribution in [-0.4, -0.2) is 303 Å². The summed E-state index contributed by atoms with van der Waals surface area (Å²) in [5.41, 5.74) is 6.24. The topological polar surface area (TPSA) is 702 Å². The first-order valence-electron chi connectivity index (χ1n) is 41.1. The van der Waals surface area contributed by atoms with Crippen molar-refractivity contribution in [1.29, 1.82) is 0 Å². The van der Waals surface area contributed by atoms with Gasteiger partial charge in [0.25, 0.3) is 0 Å². The van der Waals surface area contributed by atoms with Crippen molar-refractivity contribution in [2.75, 3.05) is 59.0 Å². The number of aromatic amines is 1. The summed E-state index contributed by atoms with van der Waals surface area (Å²) in [5.74, 6) is -19.5. The third-order valence-corrected chi connectivity index (χ3v) is 19.9. The van der Waals surface area contributed by atoms with Gasteiger partial charge in [0, 0.05) is 98.1 Å². The molecular weight excluding hydrogens is 1620 g/mol. The van der Waals surface area contributed by atoms with Gasteiger partial charge in [-0.15, -0.1) is 0 Å². The highest BCUT2D eigenvalue weighted by molar-refractivity contribution is 6.01. The van der Waals surface area contributed by atoms with Crippen molar-refractivity contribution in [2.24, 2.45) is 5.73 Å². The Balaban J connectivity index is 1.82. The van der Waals surface area contributed by atoms with E-state index >= 15 is 9.59 Å². The second-order valence-electron chi connectivity index (χ2n) is 30.2. The van der Waals surface area contributed by atoms with E-state index in [4.69, 9.17) is 5.73 Å². The summed E-state index contributed by atoms with van der Waals surface area (Å²) < 4.78 is 0. The molecule has 20 amide bonds. The Morgan fingerprint density at radius 3 is 1.32 bits per heavy atom. The Bertz CT molecular complexity index is 3870. The van der Waals surface area contributed by atoms with Crippen molar-refractivity contribution in [3.05, 3.63) is 18.2 Å². The Morgan fingerprint density at radius 1 is 0.472 bits per heavy atom. The van der Waals surface area contributed by atoms with Crippen LogP contribution in [0.4, 0.5) is 0 Å². The van der Waals surface area contributed by atoms with Gasteiger partial charge in [0.1, 0.15) is 72.5 Å². The van der Waals surface area contributed by atoms with Gasteiger partial charge in [0.2, 0.25) is 118 Å². The van der Waals surface area contributed by atoms with Gasteiger partial charge in [-0.05, 0) is 123 Å². The maximum Gasteiger partial charge on any atom is 0.305 e. The van der Waals surface area contributed by atoms with Crippen LogP contribution >= 0.6 is 0 Å². The molecule has 0 spiro atoms. The molecule has 0 radical (unpaired) electrons. The lowest BCUT2D eigenvalue weighted by Gasteiger charge is -2.30. The summed E-state index contributed by atoms with van der Waals surface area (Å²) >= 11 is 0. The number of aliphatic carboxylic acids is 2. The number of nitrogens with two attached hydrogens (primary N) is 1. The monoisotopic (exact) mass is 1740 g/mol. The molecule has 0 aromatic carbocycles. The zero-order chi connectivity index (χ0) is 91.4. The minimum atomic E-state index is -1.83. The smallest absolute Gasteiger partial charge is 0.305 e. The van der Waals surface area contributed by atoms with Gasteiger partial charge in [-0.3, -0.25) is 111 Å². The summed E-state index contributed by atoms with van der Waals surface area (Å²) in [6, 6.07) is -18.5. The standard InChI is InChI=1S/C76H120N22O25/c1-41(77)64(111)96-59(104)26-24-51-72(119)95-53(20-8-7-12-28-79-66(113)50(87-43(3)100)25-27-62(107)108)76(123)98-33-17-23-58(98)74(121)83-37-60(105)91-48(18-9-13-30-81-68(115)55(35-63(109)110)89-45(5)102)70(117)86-42(2)65(112)94-52(21-11-15-31-82-69(116)56(39-99)90-46(6)103)75(122)97-32-16-22-57(97)73(120)84-38-61(106)92-49(71(118)93-51)19-10-14-29-80-67(114)54(88-44(4)101)34-47-36-78-40-85-47/h36,40-42,48-58,99H,7-35,37-39,77H2,1-6H3,(H,78,85)(H,79,113)(H,80,114)(H,81,115)(H,82,116)(H,83,121)(H,84,120)(H,86,117)(H,87,100)(H,88,101)(H,89,102)(H,90,103)(H,91,105)(H,92,106)(H,93,118)(H,94,112)(H,95,119)(H,107,108)(H,109,110)(H,96,104,111)/t41-,42+,48+,49+,50+,51+,52+,53+,54+,55+,56+,57+,58+/m1/s1. The highest BCUT2D eigenvalue weighted by Crippen LogP contribution is 2.23. The molecule has 0 bridgehead atoms. The quantitative estimate of drug-likeness (QED) is 0.0271. The number of nitrogens with one attached hydrogen (secondary N) is 18. The van der Waals surface area contributed by atoms with Gasteiger partial charge in [-0.1, -0.05) is 12.8 Å². The van der Waals surface area contributed by atoms with Crippen molar-refractivity contribution in [3.8, 4) is 0 Å². The second-order valence-corrected chi connectivity index (χ2v) is 30.2. The predicted octanol–water partition coefficient (Wildman–Crippen LogP) is -8.23. The molecule has 0 saturated carbocycles. The summed E-state index contributed by atoms with van der Waals surface area (Å²) in [5, 5.41) is 70.8. The molecule has 0 unspecified atom stereocenters. The molecule has 684 valence electrons. The van der Waals surface area contributed by atoms with Crippen LogP contribution in [0.5, 0.6) is 0 Å². The Hall–Kier alpha value is -12.3. The number of carboxylic acids is 2. The van der Waals surface area contributed by atoms with Crippen LogP contribution < -0.4 is 96.1 Å². The first-order valence-corrected chi connectivity index (χ1v) is 41.1. The molecule has 0 aliphatic carbocycles. The zero-order valence-corrected chi connectivity index (χ0v) is 70.0. The molecule has 23 N–H and O–H groups in total. The number of unbranched alkanes of at least 4 members (excludes halogenated alkanes) is 5. The van der Waals surface area contributed by atoms with Crippen LogP contribution in [0.1, 0.15) is 188 Å². The molecule has 3 aliphatic rings. The van der Waals surface area contributed by atoms with Crippen LogP contribution in [0, 0.1) is 0 Å². The molecule has 4 rings (SSSR count). The Morgan fingerprint density at radius 2 is 0.870 bits per heavy atom. The maximum atomic E-state index is 15.2. The number of carboxylic acid groups (broad SMARTS) is 2. The molecule has 1 aromatic rings. The van der Waals surface area contributed by atoms with Crippen LogP contribution in [0.15, 0.2) is 12.5 Å². The maximum absolute atomic E-state index is 15.2. The van der Waals surface area contributed by atoms with E-state index in [-0.39, 0.29) is 161 Å². The molecule has 3 fully saturated rings. The third kappa shape index (κ3) is 38.5. The Kier molecular flexibility index (Phi) is 45.3. The number of hydrogen-bond acceptors (Lipinski definition) is 25.